The van der Waals surface area contributed by atoms with Crippen molar-refractivity contribution in [1.82, 2.24) is 5.32 Å². The van der Waals surface area contributed by atoms with Crippen molar-refractivity contribution in [2.24, 2.45) is 17.8 Å². The smallest absolute Gasteiger partial charge is 0.252 e. The second-order valence-corrected chi connectivity index (χ2v) is 8.09. The van der Waals surface area contributed by atoms with E-state index in [1.54, 1.807) is 11.3 Å². The van der Waals surface area contributed by atoms with E-state index in [0.29, 0.717) is 0 Å². The van der Waals surface area contributed by atoms with Crippen molar-refractivity contribution in [1.29, 1.82) is 0 Å². The van der Waals surface area contributed by atoms with E-state index in [0.717, 1.165) is 29.9 Å². The van der Waals surface area contributed by atoms with Gasteiger partial charge in [-0.15, -0.1) is 11.3 Å². The highest BCUT2D eigenvalue weighted by molar-refractivity contribution is 14.1. The van der Waals surface area contributed by atoms with Crippen molar-refractivity contribution < 1.29 is 4.79 Å². The summed E-state index contributed by atoms with van der Waals surface area (Å²) in [5.74, 6) is 2.70. The lowest BCUT2D eigenvalue weighted by atomic mass is 9.89. The Morgan fingerprint density at radius 2 is 2.35 bits per heavy atom. The monoisotopic (exact) mass is 361 g/mol. The molecule has 2 aliphatic rings. The second kappa shape index (κ2) is 4.88. The highest BCUT2D eigenvalue weighted by atomic mass is 127. The van der Waals surface area contributed by atoms with E-state index in [9.17, 15) is 4.79 Å². The summed E-state index contributed by atoms with van der Waals surface area (Å²) in [4.78, 5) is 11.9. The average Bonchev–Trinajstić information content (AvgIpc) is 3.01. The molecule has 2 fully saturated rings. The zero-order chi connectivity index (χ0) is 11.8. The number of amides is 1. The summed E-state index contributed by atoms with van der Waals surface area (Å²) in [6.45, 7) is 0.881. The number of hydrogen-bond donors (Lipinski definition) is 1. The zero-order valence-corrected chi connectivity index (χ0v) is 12.6. The number of thiophene rings is 1. The minimum absolute atomic E-state index is 0.104. The highest BCUT2D eigenvalue weighted by Crippen LogP contribution is 2.47. The van der Waals surface area contributed by atoms with Gasteiger partial charge in [0.05, 0.1) is 8.45 Å². The Hall–Kier alpha value is -0.100. The number of carbonyl (C=O) groups excluding carboxylic acids is 1. The van der Waals surface area contributed by atoms with Crippen LogP contribution < -0.4 is 5.32 Å². The SMILES string of the molecule is O=C(NCC1CC2CCC1C2)c1csc(I)c1. The fourth-order valence-electron chi connectivity index (χ4n) is 3.38. The summed E-state index contributed by atoms with van der Waals surface area (Å²) in [6.07, 6.45) is 5.57. The van der Waals surface area contributed by atoms with Crippen molar-refractivity contribution in [3.63, 3.8) is 0 Å². The number of carbonyl (C=O) groups is 1. The molecule has 2 bridgehead atoms. The fraction of sp³-hybridized carbons (Fsp3) is 0.615. The molecule has 1 amide bonds. The molecule has 1 N–H and O–H groups in total. The molecule has 3 unspecified atom stereocenters. The van der Waals surface area contributed by atoms with Gasteiger partial charge in [-0.05, 0) is 65.7 Å². The van der Waals surface area contributed by atoms with E-state index in [1.165, 1.54) is 28.6 Å². The zero-order valence-electron chi connectivity index (χ0n) is 9.62. The standard InChI is InChI=1S/C13H16INOS/c14-12-5-11(7-17-12)13(16)15-6-10-4-8-1-2-9(10)3-8/h5,7-10H,1-4,6H2,(H,15,16). The van der Waals surface area contributed by atoms with Crippen LogP contribution in [0.2, 0.25) is 0 Å². The maximum atomic E-state index is 11.9. The molecule has 0 radical (unpaired) electrons. The Morgan fingerprint density at radius 3 is 2.94 bits per heavy atom. The van der Waals surface area contributed by atoms with E-state index in [4.69, 9.17) is 0 Å². The molecule has 1 heterocycles. The van der Waals surface area contributed by atoms with Gasteiger partial charge in [0.2, 0.25) is 0 Å². The van der Waals surface area contributed by atoms with Crippen molar-refractivity contribution in [2.45, 2.75) is 25.7 Å². The van der Waals surface area contributed by atoms with Gasteiger partial charge in [0, 0.05) is 11.9 Å². The van der Waals surface area contributed by atoms with Gasteiger partial charge in [0.15, 0.2) is 0 Å². The summed E-state index contributed by atoms with van der Waals surface area (Å²) in [5.41, 5.74) is 0.822. The first-order valence-electron chi connectivity index (χ1n) is 6.24. The van der Waals surface area contributed by atoms with Gasteiger partial charge in [-0.1, -0.05) is 6.42 Å². The predicted molar refractivity (Wildman–Crippen MR) is 78.3 cm³/mol. The van der Waals surface area contributed by atoms with Crippen molar-refractivity contribution in [3.8, 4) is 0 Å². The van der Waals surface area contributed by atoms with Gasteiger partial charge in [0.1, 0.15) is 0 Å². The van der Waals surface area contributed by atoms with Crippen LogP contribution in [0.4, 0.5) is 0 Å². The lowest BCUT2D eigenvalue weighted by molar-refractivity contribution is 0.0942. The summed E-state index contributed by atoms with van der Waals surface area (Å²) in [7, 11) is 0. The van der Waals surface area contributed by atoms with Gasteiger partial charge in [-0.25, -0.2) is 0 Å². The summed E-state index contributed by atoms with van der Waals surface area (Å²) >= 11 is 3.88. The van der Waals surface area contributed by atoms with Gasteiger partial charge in [-0.3, -0.25) is 4.79 Å². The second-order valence-electron chi connectivity index (χ2n) is 5.28. The number of rotatable bonds is 3. The normalized spacial score (nSPS) is 30.8. The first-order chi connectivity index (χ1) is 8.22. The minimum Gasteiger partial charge on any atom is -0.352 e. The van der Waals surface area contributed by atoms with Gasteiger partial charge in [-0.2, -0.15) is 0 Å². The first-order valence-corrected chi connectivity index (χ1v) is 8.20. The van der Waals surface area contributed by atoms with Crippen LogP contribution in [-0.2, 0) is 0 Å². The third-order valence-corrected chi connectivity index (χ3v) is 6.03. The third kappa shape index (κ3) is 2.52. The van der Waals surface area contributed by atoms with Gasteiger partial charge in [0.25, 0.3) is 5.91 Å². The highest BCUT2D eigenvalue weighted by Gasteiger charge is 2.39. The Morgan fingerprint density at radius 1 is 1.47 bits per heavy atom. The minimum atomic E-state index is 0.104. The molecule has 1 aromatic heterocycles. The molecule has 0 aliphatic heterocycles. The maximum Gasteiger partial charge on any atom is 0.252 e. The number of hydrogen-bond acceptors (Lipinski definition) is 2. The van der Waals surface area contributed by atoms with E-state index < -0.39 is 0 Å². The van der Waals surface area contributed by atoms with E-state index in [1.807, 2.05) is 11.4 Å². The van der Waals surface area contributed by atoms with Crippen LogP contribution in [0, 0.1) is 20.6 Å². The van der Waals surface area contributed by atoms with Crippen LogP contribution in [-0.4, -0.2) is 12.5 Å². The molecule has 2 aliphatic carbocycles. The van der Waals surface area contributed by atoms with Crippen molar-refractivity contribution in [3.05, 3.63) is 19.9 Å². The number of nitrogens with one attached hydrogen (secondary N) is 1. The molecule has 4 heteroatoms. The quantitative estimate of drug-likeness (QED) is 0.821. The molecule has 2 saturated carbocycles. The molecular weight excluding hydrogens is 345 g/mol. The molecule has 1 aromatic rings. The Labute approximate surface area is 119 Å². The van der Waals surface area contributed by atoms with Gasteiger partial charge < -0.3 is 5.32 Å². The molecule has 17 heavy (non-hydrogen) atoms. The Kier molecular flexibility index (Phi) is 3.43. The Bertz CT molecular complexity index is 431. The summed E-state index contributed by atoms with van der Waals surface area (Å²) in [6, 6.07) is 1.96. The first kappa shape index (κ1) is 12.0. The molecule has 0 aromatic carbocycles. The molecule has 0 saturated heterocycles. The number of fused-ring (bicyclic) bond motifs is 2. The lowest BCUT2D eigenvalue weighted by Crippen LogP contribution is -2.31. The van der Waals surface area contributed by atoms with Crippen LogP contribution in [0.25, 0.3) is 0 Å². The van der Waals surface area contributed by atoms with Crippen molar-refractivity contribution >= 4 is 39.8 Å². The van der Waals surface area contributed by atoms with Crippen LogP contribution in [0.1, 0.15) is 36.0 Å². The molecule has 0 spiro atoms. The molecule has 3 atom stereocenters. The van der Waals surface area contributed by atoms with E-state index in [-0.39, 0.29) is 5.91 Å². The van der Waals surface area contributed by atoms with Gasteiger partial charge >= 0.3 is 0 Å². The predicted octanol–water partition coefficient (Wildman–Crippen LogP) is 3.52. The average molecular weight is 361 g/mol. The van der Waals surface area contributed by atoms with Crippen molar-refractivity contribution in [2.75, 3.05) is 6.54 Å². The molecule has 2 nitrogen and oxygen atoms in total. The maximum absolute atomic E-state index is 11.9. The summed E-state index contributed by atoms with van der Waals surface area (Å²) in [5, 5.41) is 5.05. The number of halogens is 1. The van der Waals surface area contributed by atoms with Crippen LogP contribution in [0.5, 0.6) is 0 Å². The molecule has 3 rings (SSSR count). The van der Waals surface area contributed by atoms with E-state index in [2.05, 4.69) is 27.9 Å². The van der Waals surface area contributed by atoms with Crippen LogP contribution >= 0.6 is 33.9 Å². The van der Waals surface area contributed by atoms with Crippen LogP contribution in [0.15, 0.2) is 11.4 Å². The topological polar surface area (TPSA) is 29.1 Å². The third-order valence-electron chi connectivity index (χ3n) is 4.24. The molecular formula is C13H16INOS. The van der Waals surface area contributed by atoms with E-state index >= 15 is 0 Å². The summed E-state index contributed by atoms with van der Waals surface area (Å²) < 4.78 is 1.17. The Balaban J connectivity index is 1.53. The van der Waals surface area contributed by atoms with Crippen LogP contribution in [0.3, 0.4) is 0 Å². The lowest BCUT2D eigenvalue weighted by Gasteiger charge is -2.21. The largest absolute Gasteiger partial charge is 0.352 e. The molecule has 92 valence electrons. The fourth-order valence-corrected chi connectivity index (χ4v) is 4.71.